The van der Waals surface area contributed by atoms with Crippen LogP contribution in [0.25, 0.3) is 0 Å². The lowest BCUT2D eigenvalue weighted by atomic mass is 10.0. The largest absolute Gasteiger partial charge is 0.494 e. The molecule has 0 amide bonds. The minimum Gasteiger partial charge on any atom is -0.494 e. The Morgan fingerprint density at radius 2 is 2.21 bits per heavy atom. The Morgan fingerprint density at radius 1 is 1.50 bits per heavy atom. The minimum atomic E-state index is -0.364. The van der Waals surface area contributed by atoms with E-state index in [4.69, 9.17) is 15.6 Å². The van der Waals surface area contributed by atoms with Crippen LogP contribution in [0.3, 0.4) is 0 Å². The van der Waals surface area contributed by atoms with E-state index in [1.807, 2.05) is 32.0 Å². The molecule has 0 bridgehead atoms. The maximum absolute atomic E-state index is 8.99. The third kappa shape index (κ3) is 2.47. The molecule has 0 aliphatic heterocycles. The van der Waals surface area contributed by atoms with Gasteiger partial charge in [-0.1, -0.05) is 17.7 Å². The molecule has 0 radical (unpaired) electrons. The third-order valence-electron chi connectivity index (χ3n) is 2.06. The van der Waals surface area contributed by atoms with Gasteiger partial charge in [0.2, 0.25) is 0 Å². The lowest BCUT2D eigenvalue weighted by molar-refractivity contribution is 0.261. The molecule has 0 aliphatic rings. The third-order valence-corrected chi connectivity index (χ3v) is 2.06. The lowest BCUT2D eigenvalue weighted by Gasteiger charge is -2.15. The number of aryl methyl sites for hydroxylation is 1. The molecule has 0 fully saturated rings. The van der Waals surface area contributed by atoms with Gasteiger partial charge in [0.25, 0.3) is 0 Å². The second-order valence-corrected chi connectivity index (χ2v) is 3.26. The predicted molar refractivity (Wildman–Crippen MR) is 56.4 cm³/mol. The van der Waals surface area contributed by atoms with Crippen LogP contribution in [0.15, 0.2) is 18.2 Å². The topological polar surface area (TPSA) is 55.5 Å². The van der Waals surface area contributed by atoms with Crippen molar-refractivity contribution in [1.29, 1.82) is 0 Å². The van der Waals surface area contributed by atoms with Gasteiger partial charge in [-0.3, -0.25) is 0 Å². The van der Waals surface area contributed by atoms with Crippen LogP contribution in [0, 0.1) is 6.92 Å². The average molecular weight is 195 g/mol. The minimum absolute atomic E-state index is 0.0659. The number of aliphatic hydroxyl groups excluding tert-OH is 1. The molecule has 1 unspecified atom stereocenters. The molecule has 0 spiro atoms. The van der Waals surface area contributed by atoms with Gasteiger partial charge in [0.1, 0.15) is 5.75 Å². The zero-order valence-corrected chi connectivity index (χ0v) is 8.66. The van der Waals surface area contributed by atoms with Gasteiger partial charge in [-0.25, -0.2) is 0 Å². The monoisotopic (exact) mass is 195 g/mol. The molecule has 1 rings (SSSR count). The van der Waals surface area contributed by atoms with Crippen molar-refractivity contribution in [3.05, 3.63) is 29.3 Å². The molecule has 0 aliphatic carbocycles. The summed E-state index contributed by atoms with van der Waals surface area (Å²) in [7, 11) is 0. The maximum atomic E-state index is 8.99. The van der Waals surface area contributed by atoms with Crippen LogP contribution >= 0.6 is 0 Å². The highest BCUT2D eigenvalue weighted by Gasteiger charge is 2.10. The number of ether oxygens (including phenoxy) is 1. The number of rotatable bonds is 4. The van der Waals surface area contributed by atoms with Gasteiger partial charge in [0.15, 0.2) is 0 Å². The average Bonchev–Trinajstić information content (AvgIpc) is 2.20. The summed E-state index contributed by atoms with van der Waals surface area (Å²) in [6.07, 6.45) is 0. The van der Waals surface area contributed by atoms with E-state index in [2.05, 4.69) is 0 Å². The van der Waals surface area contributed by atoms with Crippen molar-refractivity contribution in [2.24, 2.45) is 5.73 Å². The van der Waals surface area contributed by atoms with Crippen molar-refractivity contribution < 1.29 is 9.84 Å². The van der Waals surface area contributed by atoms with E-state index >= 15 is 0 Å². The normalized spacial score (nSPS) is 12.6. The van der Waals surface area contributed by atoms with Crippen LogP contribution in [0.5, 0.6) is 5.75 Å². The van der Waals surface area contributed by atoms with Crippen LogP contribution < -0.4 is 10.5 Å². The second-order valence-electron chi connectivity index (χ2n) is 3.26. The second kappa shape index (κ2) is 4.98. The summed E-state index contributed by atoms with van der Waals surface area (Å²) < 4.78 is 5.42. The molecule has 14 heavy (non-hydrogen) atoms. The molecule has 3 nitrogen and oxygen atoms in total. The maximum Gasteiger partial charge on any atom is 0.124 e. The van der Waals surface area contributed by atoms with Crippen molar-refractivity contribution >= 4 is 0 Å². The van der Waals surface area contributed by atoms with Crippen molar-refractivity contribution in [3.63, 3.8) is 0 Å². The SMILES string of the molecule is CCOc1ccc(C)cc1C(N)CO. The Bertz CT molecular complexity index is 299. The molecule has 3 N–H and O–H groups in total. The van der Waals surface area contributed by atoms with Gasteiger partial charge >= 0.3 is 0 Å². The molecule has 0 heterocycles. The number of nitrogens with two attached hydrogens (primary N) is 1. The zero-order valence-electron chi connectivity index (χ0n) is 8.66. The van der Waals surface area contributed by atoms with Crippen LogP contribution in [-0.4, -0.2) is 18.3 Å². The number of hydrogen-bond donors (Lipinski definition) is 2. The molecule has 3 heteroatoms. The zero-order chi connectivity index (χ0) is 10.6. The molecule has 1 atom stereocenters. The highest BCUT2D eigenvalue weighted by molar-refractivity contribution is 5.39. The fourth-order valence-electron chi connectivity index (χ4n) is 1.34. The van der Waals surface area contributed by atoms with E-state index in [-0.39, 0.29) is 12.6 Å². The summed E-state index contributed by atoms with van der Waals surface area (Å²) in [4.78, 5) is 0. The van der Waals surface area contributed by atoms with E-state index in [9.17, 15) is 0 Å². The first-order valence-electron chi connectivity index (χ1n) is 4.78. The summed E-state index contributed by atoms with van der Waals surface area (Å²) >= 11 is 0. The Kier molecular flexibility index (Phi) is 3.92. The summed E-state index contributed by atoms with van der Waals surface area (Å²) in [5.74, 6) is 0.764. The molecule has 78 valence electrons. The quantitative estimate of drug-likeness (QED) is 0.763. The first-order valence-corrected chi connectivity index (χ1v) is 4.78. The van der Waals surface area contributed by atoms with Crippen LogP contribution in [0.1, 0.15) is 24.1 Å². The Labute approximate surface area is 84.5 Å². The Morgan fingerprint density at radius 3 is 2.79 bits per heavy atom. The fourth-order valence-corrected chi connectivity index (χ4v) is 1.34. The lowest BCUT2D eigenvalue weighted by Crippen LogP contribution is -2.16. The van der Waals surface area contributed by atoms with Gasteiger partial charge in [0.05, 0.1) is 19.3 Å². The predicted octanol–water partition coefficient (Wildman–Crippen LogP) is 1.39. The van der Waals surface area contributed by atoms with Crippen molar-refractivity contribution in [2.45, 2.75) is 19.9 Å². The highest BCUT2D eigenvalue weighted by Crippen LogP contribution is 2.24. The standard InChI is InChI=1S/C11H17NO2/c1-3-14-11-5-4-8(2)6-9(11)10(12)7-13/h4-6,10,13H,3,7,12H2,1-2H3. The van der Waals surface area contributed by atoms with Crippen molar-refractivity contribution in [2.75, 3.05) is 13.2 Å². The Balaban J connectivity index is 3.02. The molecular formula is C11H17NO2. The van der Waals surface area contributed by atoms with Gasteiger partial charge in [-0.05, 0) is 19.9 Å². The first kappa shape index (κ1) is 11.0. The Hall–Kier alpha value is -1.06. The van der Waals surface area contributed by atoms with Crippen molar-refractivity contribution in [1.82, 2.24) is 0 Å². The molecule has 1 aromatic rings. The smallest absolute Gasteiger partial charge is 0.124 e. The number of aliphatic hydroxyl groups is 1. The van der Waals surface area contributed by atoms with Crippen LogP contribution in [-0.2, 0) is 0 Å². The summed E-state index contributed by atoms with van der Waals surface area (Å²) in [5.41, 5.74) is 7.75. The molecule has 0 saturated heterocycles. The summed E-state index contributed by atoms with van der Waals surface area (Å²) in [6, 6.07) is 5.45. The van der Waals surface area contributed by atoms with E-state index in [1.54, 1.807) is 0 Å². The van der Waals surface area contributed by atoms with Gasteiger partial charge in [-0.2, -0.15) is 0 Å². The molecule has 1 aromatic carbocycles. The highest BCUT2D eigenvalue weighted by atomic mass is 16.5. The van der Waals surface area contributed by atoms with E-state index < -0.39 is 0 Å². The summed E-state index contributed by atoms with van der Waals surface area (Å²) in [5, 5.41) is 8.99. The van der Waals surface area contributed by atoms with Gasteiger partial charge < -0.3 is 15.6 Å². The first-order chi connectivity index (χ1) is 6.69. The summed E-state index contributed by atoms with van der Waals surface area (Å²) in [6.45, 7) is 4.45. The van der Waals surface area contributed by atoms with Gasteiger partial charge in [0, 0.05) is 5.56 Å². The molecular weight excluding hydrogens is 178 g/mol. The number of benzene rings is 1. The number of hydrogen-bond acceptors (Lipinski definition) is 3. The van der Waals surface area contributed by atoms with E-state index in [0.29, 0.717) is 6.61 Å². The van der Waals surface area contributed by atoms with E-state index in [0.717, 1.165) is 16.9 Å². The van der Waals surface area contributed by atoms with Gasteiger partial charge in [-0.15, -0.1) is 0 Å². The van der Waals surface area contributed by atoms with Crippen LogP contribution in [0.4, 0.5) is 0 Å². The molecule has 0 saturated carbocycles. The van der Waals surface area contributed by atoms with Crippen molar-refractivity contribution in [3.8, 4) is 5.75 Å². The molecule has 0 aromatic heterocycles. The fraction of sp³-hybridized carbons (Fsp3) is 0.455. The van der Waals surface area contributed by atoms with E-state index in [1.165, 1.54) is 0 Å². The van der Waals surface area contributed by atoms with Crippen LogP contribution in [0.2, 0.25) is 0 Å².